The van der Waals surface area contributed by atoms with Crippen LogP contribution in [-0.2, 0) is 11.2 Å². The van der Waals surface area contributed by atoms with E-state index in [1.807, 2.05) is 12.1 Å². The van der Waals surface area contributed by atoms with Crippen molar-refractivity contribution < 1.29 is 4.74 Å². The van der Waals surface area contributed by atoms with Gasteiger partial charge in [0, 0.05) is 26.0 Å². The van der Waals surface area contributed by atoms with Crippen LogP contribution >= 0.6 is 0 Å². The minimum Gasteiger partial charge on any atom is -0.385 e. The molecular weight excluding hydrogens is 178 g/mol. The van der Waals surface area contributed by atoms with Crippen LogP contribution in [0.3, 0.4) is 0 Å². The Hall–Kier alpha value is -1.13. The first kappa shape index (κ1) is 10.9. The van der Waals surface area contributed by atoms with Crippen LogP contribution in [0.2, 0.25) is 0 Å². The predicted molar refractivity (Wildman–Crippen MR) is 56.8 cm³/mol. The van der Waals surface area contributed by atoms with Gasteiger partial charge in [0.1, 0.15) is 5.82 Å². The van der Waals surface area contributed by atoms with Crippen molar-refractivity contribution >= 4 is 5.82 Å². The summed E-state index contributed by atoms with van der Waals surface area (Å²) in [7, 11) is 1.67. The lowest BCUT2D eigenvalue weighted by Gasteiger charge is -2.11. The van der Waals surface area contributed by atoms with Gasteiger partial charge in [0.05, 0.1) is 0 Å². The highest BCUT2D eigenvalue weighted by atomic mass is 16.5. The summed E-state index contributed by atoms with van der Waals surface area (Å²) in [6.07, 6.45) is 3.27. The maximum Gasteiger partial charge on any atom is 0.126 e. The van der Waals surface area contributed by atoms with Crippen molar-refractivity contribution in [2.75, 3.05) is 19.5 Å². The third-order valence-electron chi connectivity index (χ3n) is 2.10. The molecule has 1 heterocycles. The first-order valence-electron chi connectivity index (χ1n) is 4.68. The number of aromatic nitrogens is 1. The Morgan fingerprint density at radius 3 is 3.00 bits per heavy atom. The number of nitrogens with two attached hydrogens (primary N) is 2. The maximum atomic E-state index is 5.90. The Kier molecular flexibility index (Phi) is 4.35. The van der Waals surface area contributed by atoms with Crippen molar-refractivity contribution in [3.8, 4) is 0 Å². The fourth-order valence-electron chi connectivity index (χ4n) is 1.28. The van der Waals surface area contributed by atoms with Gasteiger partial charge < -0.3 is 16.2 Å². The molecule has 0 aliphatic carbocycles. The molecule has 1 aromatic heterocycles. The Bertz CT molecular complexity index is 278. The molecule has 0 bridgehead atoms. The summed E-state index contributed by atoms with van der Waals surface area (Å²) >= 11 is 0. The molecule has 1 atom stereocenters. The zero-order chi connectivity index (χ0) is 10.4. The molecule has 1 rings (SSSR count). The lowest BCUT2D eigenvalue weighted by atomic mass is 10.1. The molecule has 0 amide bonds. The fraction of sp³-hybridized carbons (Fsp3) is 0.500. The van der Waals surface area contributed by atoms with Gasteiger partial charge in [0.2, 0.25) is 0 Å². The summed E-state index contributed by atoms with van der Waals surface area (Å²) < 4.78 is 4.95. The van der Waals surface area contributed by atoms with Crippen molar-refractivity contribution in [2.24, 2.45) is 5.73 Å². The van der Waals surface area contributed by atoms with Crippen LogP contribution in [0.4, 0.5) is 5.82 Å². The zero-order valence-corrected chi connectivity index (χ0v) is 8.44. The summed E-state index contributed by atoms with van der Waals surface area (Å²) in [5.41, 5.74) is 12.6. The molecule has 0 radical (unpaired) electrons. The van der Waals surface area contributed by atoms with Crippen LogP contribution < -0.4 is 11.5 Å². The van der Waals surface area contributed by atoms with Gasteiger partial charge in [-0.25, -0.2) is 4.98 Å². The lowest BCUT2D eigenvalue weighted by Crippen LogP contribution is -2.25. The minimum absolute atomic E-state index is 0.0847. The average molecular weight is 195 g/mol. The van der Waals surface area contributed by atoms with Gasteiger partial charge in [0.15, 0.2) is 0 Å². The van der Waals surface area contributed by atoms with Crippen molar-refractivity contribution in [3.63, 3.8) is 0 Å². The van der Waals surface area contributed by atoms with Gasteiger partial charge in [-0.05, 0) is 24.5 Å². The number of ether oxygens (including phenoxy) is 1. The van der Waals surface area contributed by atoms with Gasteiger partial charge in [0.25, 0.3) is 0 Å². The highest BCUT2D eigenvalue weighted by molar-refractivity contribution is 5.38. The van der Waals surface area contributed by atoms with E-state index < -0.39 is 0 Å². The second-order valence-electron chi connectivity index (χ2n) is 3.29. The first-order chi connectivity index (χ1) is 6.74. The normalized spacial score (nSPS) is 12.7. The molecule has 1 unspecified atom stereocenters. The molecule has 14 heavy (non-hydrogen) atoms. The third-order valence-corrected chi connectivity index (χ3v) is 2.10. The number of hydrogen-bond acceptors (Lipinski definition) is 4. The summed E-state index contributed by atoms with van der Waals surface area (Å²) in [4.78, 5) is 4.00. The van der Waals surface area contributed by atoms with Crippen LogP contribution in [0.1, 0.15) is 12.0 Å². The van der Waals surface area contributed by atoms with Gasteiger partial charge in [-0.2, -0.15) is 0 Å². The fourth-order valence-corrected chi connectivity index (χ4v) is 1.28. The zero-order valence-electron chi connectivity index (χ0n) is 8.44. The molecule has 0 aliphatic heterocycles. The monoisotopic (exact) mass is 195 g/mol. The first-order valence-corrected chi connectivity index (χ1v) is 4.68. The van der Waals surface area contributed by atoms with E-state index in [9.17, 15) is 0 Å². The van der Waals surface area contributed by atoms with Crippen LogP contribution in [0.5, 0.6) is 0 Å². The highest BCUT2D eigenvalue weighted by Gasteiger charge is 2.06. The van der Waals surface area contributed by atoms with E-state index in [-0.39, 0.29) is 6.04 Å². The molecule has 4 heteroatoms. The standard InChI is InChI=1S/C10H17N3O/c1-14-6-4-9(11)7-8-3-2-5-13-10(8)12/h2-3,5,9H,4,6-7,11H2,1H3,(H2,12,13). The summed E-state index contributed by atoms with van der Waals surface area (Å²) in [6, 6.07) is 3.91. The highest BCUT2D eigenvalue weighted by Crippen LogP contribution is 2.10. The number of methoxy groups -OCH3 is 1. The molecule has 0 fully saturated rings. The van der Waals surface area contributed by atoms with Crippen molar-refractivity contribution in [1.29, 1.82) is 0 Å². The molecule has 4 nitrogen and oxygen atoms in total. The average Bonchev–Trinajstić information content (AvgIpc) is 2.18. The second-order valence-corrected chi connectivity index (χ2v) is 3.29. The summed E-state index contributed by atoms with van der Waals surface area (Å²) in [6.45, 7) is 0.682. The third kappa shape index (κ3) is 3.32. The number of rotatable bonds is 5. The van der Waals surface area contributed by atoms with Crippen molar-refractivity contribution in [2.45, 2.75) is 18.9 Å². The molecule has 0 aliphatic rings. The molecule has 0 saturated heterocycles. The minimum atomic E-state index is 0.0847. The van der Waals surface area contributed by atoms with Crippen LogP contribution in [-0.4, -0.2) is 24.7 Å². The summed E-state index contributed by atoms with van der Waals surface area (Å²) in [5.74, 6) is 0.570. The topological polar surface area (TPSA) is 74.2 Å². The number of hydrogen-bond donors (Lipinski definition) is 2. The number of anilines is 1. The van der Waals surface area contributed by atoms with E-state index >= 15 is 0 Å². The van der Waals surface area contributed by atoms with Crippen LogP contribution in [0.25, 0.3) is 0 Å². The summed E-state index contributed by atoms with van der Waals surface area (Å²) in [5, 5.41) is 0. The molecule has 1 aromatic rings. The van der Waals surface area contributed by atoms with E-state index in [1.165, 1.54) is 0 Å². The lowest BCUT2D eigenvalue weighted by molar-refractivity contribution is 0.188. The quantitative estimate of drug-likeness (QED) is 0.720. The molecular formula is C10H17N3O. The van der Waals surface area contributed by atoms with E-state index in [0.29, 0.717) is 12.4 Å². The smallest absolute Gasteiger partial charge is 0.126 e. The van der Waals surface area contributed by atoms with E-state index in [4.69, 9.17) is 16.2 Å². The maximum absolute atomic E-state index is 5.90. The van der Waals surface area contributed by atoms with Crippen molar-refractivity contribution in [3.05, 3.63) is 23.9 Å². The molecule has 0 saturated carbocycles. The van der Waals surface area contributed by atoms with Crippen molar-refractivity contribution in [1.82, 2.24) is 4.98 Å². The largest absolute Gasteiger partial charge is 0.385 e. The van der Waals surface area contributed by atoms with Gasteiger partial charge >= 0.3 is 0 Å². The van der Waals surface area contributed by atoms with Crippen LogP contribution in [0, 0.1) is 0 Å². The Balaban J connectivity index is 2.47. The molecule has 78 valence electrons. The Labute approximate surface area is 84.3 Å². The predicted octanol–water partition coefficient (Wildman–Crippen LogP) is 0.570. The second kappa shape index (κ2) is 5.57. The molecule has 0 spiro atoms. The van der Waals surface area contributed by atoms with E-state index in [1.54, 1.807) is 13.3 Å². The number of nitrogens with zero attached hydrogens (tertiary/aromatic N) is 1. The van der Waals surface area contributed by atoms with Crippen LogP contribution in [0.15, 0.2) is 18.3 Å². The van der Waals surface area contributed by atoms with Gasteiger partial charge in [-0.3, -0.25) is 0 Å². The number of pyridine rings is 1. The number of nitrogen functional groups attached to an aromatic ring is 1. The SMILES string of the molecule is COCCC(N)Cc1cccnc1N. The van der Waals surface area contributed by atoms with E-state index in [0.717, 1.165) is 18.4 Å². The molecule has 0 aromatic carbocycles. The van der Waals surface area contributed by atoms with Gasteiger partial charge in [-0.1, -0.05) is 6.07 Å². The van der Waals surface area contributed by atoms with Gasteiger partial charge in [-0.15, -0.1) is 0 Å². The Morgan fingerprint density at radius 1 is 1.57 bits per heavy atom. The van der Waals surface area contributed by atoms with E-state index in [2.05, 4.69) is 4.98 Å². The Morgan fingerprint density at radius 2 is 2.36 bits per heavy atom. The molecule has 4 N–H and O–H groups in total.